The van der Waals surface area contributed by atoms with E-state index in [4.69, 9.17) is 0 Å². The van der Waals surface area contributed by atoms with Crippen LogP contribution < -0.4 is 0 Å². The van der Waals surface area contributed by atoms with E-state index in [1.807, 2.05) is 20.3 Å². The summed E-state index contributed by atoms with van der Waals surface area (Å²) in [5.74, 6) is 0.493. The van der Waals surface area contributed by atoms with E-state index in [1.54, 1.807) is 16.8 Å². The van der Waals surface area contributed by atoms with Crippen LogP contribution in [0.5, 0.6) is 5.75 Å². The Hall–Kier alpha value is -1.57. The molecule has 0 saturated heterocycles. The second-order valence-corrected chi connectivity index (χ2v) is 6.21. The molecule has 6 nitrogen and oxygen atoms in total. The molecule has 1 atom stereocenters. The number of rotatable bonds is 6. The summed E-state index contributed by atoms with van der Waals surface area (Å²) < 4.78 is 13.9. The summed E-state index contributed by atoms with van der Waals surface area (Å²) in [5.41, 5.74) is 0.704. The first-order chi connectivity index (χ1) is 9.54. The normalized spacial score (nSPS) is 12.8. The summed E-state index contributed by atoms with van der Waals surface area (Å²) in [6.07, 6.45) is 1.82. The number of aromatic hydroxyl groups is 1. The standard InChI is InChI=1S/C13H18N4O2S/c1-16(2)7-8-17-9-11(14-15-17)10-20(19)13-5-3-12(18)4-6-13/h3-6,9,18H,7-8,10H2,1-2H3. The van der Waals surface area contributed by atoms with Crippen LogP contribution in [0, 0.1) is 0 Å². The Balaban J connectivity index is 1.94. The largest absolute Gasteiger partial charge is 0.611 e. The van der Waals surface area contributed by atoms with E-state index < -0.39 is 11.2 Å². The molecule has 0 saturated carbocycles. The third-order valence-corrected chi connectivity index (χ3v) is 4.10. The fourth-order valence-corrected chi connectivity index (χ4v) is 2.64. The van der Waals surface area contributed by atoms with Crippen molar-refractivity contribution in [3.63, 3.8) is 0 Å². The molecule has 2 aromatic rings. The number of phenolic OH excluding ortho intramolecular Hbond substituents is 1. The molecule has 20 heavy (non-hydrogen) atoms. The number of nitrogens with zero attached hydrogens (tertiary/aromatic N) is 4. The molecular formula is C13H18N4O2S. The van der Waals surface area contributed by atoms with Gasteiger partial charge >= 0.3 is 0 Å². The van der Waals surface area contributed by atoms with Gasteiger partial charge in [-0.25, -0.2) is 0 Å². The van der Waals surface area contributed by atoms with Crippen molar-refractivity contribution in [2.45, 2.75) is 17.2 Å². The Kier molecular flexibility index (Phi) is 4.99. The number of hydrogen-bond donors (Lipinski definition) is 1. The number of likely N-dealkylation sites (N-methyl/N-ethyl adjacent to an activating group) is 1. The molecule has 0 aliphatic carbocycles. The maximum absolute atomic E-state index is 12.1. The highest BCUT2D eigenvalue weighted by Crippen LogP contribution is 2.18. The van der Waals surface area contributed by atoms with Gasteiger partial charge in [-0.1, -0.05) is 5.21 Å². The molecular weight excluding hydrogens is 276 g/mol. The van der Waals surface area contributed by atoms with Crippen LogP contribution in [0.4, 0.5) is 0 Å². The van der Waals surface area contributed by atoms with Crippen molar-refractivity contribution in [1.82, 2.24) is 19.9 Å². The van der Waals surface area contributed by atoms with Gasteiger partial charge < -0.3 is 14.6 Å². The first kappa shape index (κ1) is 14.8. The number of phenols is 1. The second-order valence-electron chi connectivity index (χ2n) is 4.76. The van der Waals surface area contributed by atoms with Crippen LogP contribution in [-0.2, 0) is 23.5 Å². The van der Waals surface area contributed by atoms with E-state index >= 15 is 0 Å². The minimum absolute atomic E-state index is 0.167. The van der Waals surface area contributed by atoms with E-state index in [9.17, 15) is 9.66 Å². The van der Waals surface area contributed by atoms with E-state index in [2.05, 4.69) is 15.2 Å². The Labute approximate surface area is 121 Å². The lowest BCUT2D eigenvalue weighted by Crippen LogP contribution is -2.18. The molecule has 0 amide bonds. The molecule has 0 radical (unpaired) electrons. The molecule has 0 fully saturated rings. The van der Waals surface area contributed by atoms with Crippen LogP contribution in [0.1, 0.15) is 5.69 Å². The summed E-state index contributed by atoms with van der Waals surface area (Å²) in [4.78, 5) is 2.74. The van der Waals surface area contributed by atoms with E-state index in [1.165, 1.54) is 12.1 Å². The van der Waals surface area contributed by atoms with E-state index in [0.717, 1.165) is 13.1 Å². The maximum atomic E-state index is 12.1. The zero-order chi connectivity index (χ0) is 14.5. The monoisotopic (exact) mass is 294 g/mol. The average molecular weight is 294 g/mol. The molecule has 2 rings (SSSR count). The minimum Gasteiger partial charge on any atom is -0.611 e. The first-order valence-corrected chi connectivity index (χ1v) is 7.57. The summed E-state index contributed by atoms with van der Waals surface area (Å²) >= 11 is -1.18. The minimum atomic E-state index is -1.18. The van der Waals surface area contributed by atoms with Gasteiger partial charge in [0.25, 0.3) is 0 Å². The molecule has 0 aliphatic rings. The molecule has 7 heteroatoms. The topological polar surface area (TPSA) is 77.2 Å². The van der Waals surface area contributed by atoms with Crippen molar-refractivity contribution < 1.29 is 9.66 Å². The fourth-order valence-electron chi connectivity index (χ4n) is 1.63. The van der Waals surface area contributed by atoms with Gasteiger partial charge in [0.1, 0.15) is 11.4 Å². The molecule has 1 heterocycles. The summed E-state index contributed by atoms with van der Waals surface area (Å²) in [6, 6.07) is 6.37. The molecule has 0 aliphatic heterocycles. The SMILES string of the molecule is CN(C)CCn1cc(C[S+]([O-])c2ccc(O)cc2)nn1. The predicted octanol–water partition coefficient (Wildman–Crippen LogP) is 0.853. The summed E-state index contributed by atoms with van der Waals surface area (Å²) in [7, 11) is 4.00. The van der Waals surface area contributed by atoms with Gasteiger partial charge in [0.15, 0.2) is 10.6 Å². The molecule has 1 unspecified atom stereocenters. The van der Waals surface area contributed by atoms with Gasteiger partial charge in [-0.15, -0.1) is 5.10 Å². The highest BCUT2D eigenvalue weighted by molar-refractivity contribution is 7.90. The van der Waals surface area contributed by atoms with Gasteiger partial charge in [-0.2, -0.15) is 0 Å². The molecule has 1 aromatic heterocycles. The zero-order valence-electron chi connectivity index (χ0n) is 11.6. The summed E-state index contributed by atoms with van der Waals surface area (Å²) in [6.45, 7) is 1.63. The Morgan fingerprint density at radius 1 is 1.30 bits per heavy atom. The molecule has 0 bridgehead atoms. The van der Waals surface area contributed by atoms with Gasteiger partial charge in [0, 0.05) is 6.54 Å². The van der Waals surface area contributed by atoms with Crippen molar-refractivity contribution in [2.24, 2.45) is 0 Å². The van der Waals surface area contributed by atoms with Crippen LogP contribution in [0.25, 0.3) is 0 Å². The van der Waals surface area contributed by atoms with Crippen LogP contribution in [0.15, 0.2) is 35.4 Å². The van der Waals surface area contributed by atoms with Crippen molar-refractivity contribution in [3.8, 4) is 5.75 Å². The molecule has 0 spiro atoms. The highest BCUT2D eigenvalue weighted by atomic mass is 32.2. The Morgan fingerprint density at radius 3 is 2.65 bits per heavy atom. The number of benzene rings is 1. The fraction of sp³-hybridized carbons (Fsp3) is 0.385. The third kappa shape index (κ3) is 4.22. The smallest absolute Gasteiger partial charge is 0.156 e. The van der Waals surface area contributed by atoms with E-state index in [-0.39, 0.29) is 5.75 Å². The van der Waals surface area contributed by atoms with Crippen molar-refractivity contribution >= 4 is 11.2 Å². The predicted molar refractivity (Wildman–Crippen MR) is 76.8 cm³/mol. The van der Waals surface area contributed by atoms with Crippen LogP contribution in [-0.4, -0.2) is 50.2 Å². The van der Waals surface area contributed by atoms with Crippen LogP contribution in [0.3, 0.4) is 0 Å². The zero-order valence-corrected chi connectivity index (χ0v) is 12.4. The van der Waals surface area contributed by atoms with Gasteiger partial charge in [0.2, 0.25) is 0 Å². The van der Waals surface area contributed by atoms with Crippen molar-refractivity contribution in [2.75, 3.05) is 20.6 Å². The maximum Gasteiger partial charge on any atom is 0.156 e. The number of aromatic nitrogens is 3. The second kappa shape index (κ2) is 6.74. The molecule has 1 aromatic carbocycles. The lowest BCUT2D eigenvalue weighted by atomic mass is 10.3. The molecule has 1 N–H and O–H groups in total. The number of hydrogen-bond acceptors (Lipinski definition) is 5. The van der Waals surface area contributed by atoms with Crippen LogP contribution in [0.2, 0.25) is 0 Å². The van der Waals surface area contributed by atoms with Gasteiger partial charge in [-0.05, 0) is 49.5 Å². The van der Waals surface area contributed by atoms with Gasteiger partial charge in [0.05, 0.1) is 12.7 Å². The lowest BCUT2D eigenvalue weighted by Gasteiger charge is -2.09. The Morgan fingerprint density at radius 2 is 2.00 bits per heavy atom. The quantitative estimate of drug-likeness (QED) is 0.799. The van der Waals surface area contributed by atoms with Gasteiger partial charge in [-0.3, -0.25) is 4.68 Å². The molecule has 108 valence electrons. The first-order valence-electron chi connectivity index (χ1n) is 6.26. The summed E-state index contributed by atoms with van der Waals surface area (Å²) in [5, 5.41) is 17.3. The Bertz CT molecular complexity index is 542. The third-order valence-electron chi connectivity index (χ3n) is 2.74. The van der Waals surface area contributed by atoms with Crippen LogP contribution >= 0.6 is 0 Å². The lowest BCUT2D eigenvalue weighted by molar-refractivity contribution is 0.370. The van der Waals surface area contributed by atoms with Crippen molar-refractivity contribution in [1.29, 1.82) is 0 Å². The van der Waals surface area contributed by atoms with E-state index in [0.29, 0.717) is 16.3 Å². The highest BCUT2D eigenvalue weighted by Gasteiger charge is 2.14. The van der Waals surface area contributed by atoms with Crippen molar-refractivity contribution in [3.05, 3.63) is 36.2 Å². The average Bonchev–Trinajstić information content (AvgIpc) is 2.84.